The Hall–Kier alpha value is -2.40. The van der Waals surface area contributed by atoms with Gasteiger partial charge in [0.05, 0.1) is 16.1 Å². The molecule has 0 saturated heterocycles. The van der Waals surface area contributed by atoms with Gasteiger partial charge in [0.25, 0.3) is 5.91 Å². The normalized spacial score (nSPS) is 12.1. The van der Waals surface area contributed by atoms with Gasteiger partial charge in [-0.2, -0.15) is 0 Å². The minimum atomic E-state index is -0.352. The lowest BCUT2D eigenvalue weighted by Gasteiger charge is -2.18. The van der Waals surface area contributed by atoms with Crippen LogP contribution in [0.25, 0.3) is 10.9 Å². The van der Waals surface area contributed by atoms with E-state index in [-0.39, 0.29) is 11.3 Å². The van der Waals surface area contributed by atoms with Crippen molar-refractivity contribution in [1.82, 2.24) is 15.6 Å². The van der Waals surface area contributed by atoms with Gasteiger partial charge in [0.2, 0.25) is 0 Å². The van der Waals surface area contributed by atoms with Crippen molar-refractivity contribution in [3.05, 3.63) is 52.9 Å². The summed E-state index contributed by atoms with van der Waals surface area (Å²) in [6.07, 6.45) is 3.27. The maximum atomic E-state index is 12.5. The zero-order chi connectivity index (χ0) is 17.9. The molecule has 0 aliphatic carbocycles. The number of hydrogen-bond acceptors (Lipinski definition) is 4. The Morgan fingerprint density at radius 2 is 2.04 bits per heavy atom. The number of aromatic nitrogens is 1. The van der Waals surface area contributed by atoms with Crippen LogP contribution in [0.15, 0.2) is 42.4 Å². The Bertz CT molecular complexity index is 821. The summed E-state index contributed by atoms with van der Waals surface area (Å²) in [5.74, 6) is 0.0898. The molecule has 24 heavy (non-hydrogen) atoms. The monoisotopic (exact) mass is 344 g/mol. The van der Waals surface area contributed by atoms with Gasteiger partial charge in [0.15, 0.2) is 0 Å². The van der Waals surface area contributed by atoms with Gasteiger partial charge >= 0.3 is 0 Å². The average molecular weight is 345 g/mol. The molecule has 5 nitrogen and oxygen atoms in total. The fourth-order valence-electron chi connectivity index (χ4n) is 1.99. The molecule has 0 spiro atoms. The van der Waals surface area contributed by atoms with Crippen LogP contribution in [0.5, 0.6) is 0 Å². The maximum absolute atomic E-state index is 12.5. The summed E-state index contributed by atoms with van der Waals surface area (Å²) in [4.78, 5) is 16.8. The Labute approximate surface area is 146 Å². The van der Waals surface area contributed by atoms with E-state index in [1.165, 1.54) is 0 Å². The number of nitrogens with one attached hydrogen (secondary N) is 3. The third-order valence-corrected chi connectivity index (χ3v) is 3.86. The van der Waals surface area contributed by atoms with Gasteiger partial charge in [-0.25, -0.2) is 0 Å². The van der Waals surface area contributed by atoms with E-state index in [1.807, 2.05) is 32.9 Å². The van der Waals surface area contributed by atoms with E-state index in [1.54, 1.807) is 31.5 Å². The van der Waals surface area contributed by atoms with E-state index in [2.05, 4.69) is 15.6 Å². The molecule has 1 heterocycles. The Kier molecular flexibility index (Phi) is 5.24. The summed E-state index contributed by atoms with van der Waals surface area (Å²) in [5.41, 5.74) is 1.13. The van der Waals surface area contributed by atoms with Crippen LogP contribution in [0, 0.1) is 10.8 Å². The second kappa shape index (κ2) is 7.01. The molecule has 0 atom stereocenters. The Balaban J connectivity index is 2.30. The molecule has 3 N–H and O–H groups in total. The molecule has 1 amide bonds. The first kappa shape index (κ1) is 17.9. The van der Waals surface area contributed by atoms with Gasteiger partial charge < -0.3 is 16.0 Å². The number of amides is 1. The van der Waals surface area contributed by atoms with Crippen molar-refractivity contribution < 1.29 is 4.79 Å². The quantitative estimate of drug-likeness (QED) is 0.739. The van der Waals surface area contributed by atoms with Crippen molar-refractivity contribution in [2.24, 2.45) is 5.41 Å². The van der Waals surface area contributed by atoms with Gasteiger partial charge in [-0.3, -0.25) is 9.78 Å². The van der Waals surface area contributed by atoms with Gasteiger partial charge in [0, 0.05) is 29.8 Å². The van der Waals surface area contributed by atoms with Crippen molar-refractivity contribution in [3.8, 4) is 0 Å². The van der Waals surface area contributed by atoms with Crippen LogP contribution in [-0.4, -0.2) is 23.7 Å². The highest BCUT2D eigenvalue weighted by molar-refractivity contribution is 6.34. The fraction of sp³-hybridized carbons (Fsp3) is 0.278. The second-order valence-electron chi connectivity index (χ2n) is 6.45. The minimum absolute atomic E-state index is 0.308. The number of benzene rings is 1. The fourth-order valence-corrected chi connectivity index (χ4v) is 2.25. The van der Waals surface area contributed by atoms with Gasteiger partial charge in [-0.1, -0.05) is 38.4 Å². The molecule has 1 aromatic carbocycles. The van der Waals surface area contributed by atoms with E-state index in [0.717, 1.165) is 5.39 Å². The summed E-state index contributed by atoms with van der Waals surface area (Å²) in [7, 11) is 1.69. The molecule has 2 rings (SSSR count). The molecule has 0 unspecified atom stereocenters. The number of pyridine rings is 1. The van der Waals surface area contributed by atoms with E-state index < -0.39 is 0 Å². The number of carbonyl (C=O) groups excluding carboxylic acids is 1. The van der Waals surface area contributed by atoms with Crippen molar-refractivity contribution in [2.75, 3.05) is 7.05 Å². The van der Waals surface area contributed by atoms with Crippen LogP contribution < -0.4 is 10.6 Å². The van der Waals surface area contributed by atoms with Crippen LogP contribution in [0.1, 0.15) is 31.1 Å². The molecule has 126 valence electrons. The first-order valence-corrected chi connectivity index (χ1v) is 7.94. The summed E-state index contributed by atoms with van der Waals surface area (Å²) in [6.45, 7) is 5.81. The average Bonchev–Trinajstić information content (AvgIpc) is 2.52. The lowest BCUT2D eigenvalue weighted by atomic mass is 9.90. The number of hydrogen-bond donors (Lipinski definition) is 3. The lowest BCUT2D eigenvalue weighted by molar-refractivity contribution is 0.0964. The largest absolute Gasteiger partial charge is 0.375 e. The van der Waals surface area contributed by atoms with Crippen molar-refractivity contribution >= 4 is 34.1 Å². The SMILES string of the molecule is CN/C(=C\C(=N)C(C)(C)C)NC(=O)c1cc2ncccc2cc1Cl. The molecule has 2 aromatic rings. The van der Waals surface area contributed by atoms with Crippen LogP contribution >= 0.6 is 11.6 Å². The number of allylic oxidation sites excluding steroid dienone is 1. The van der Waals surface area contributed by atoms with Crippen molar-refractivity contribution in [3.63, 3.8) is 0 Å². The van der Waals surface area contributed by atoms with Crippen molar-refractivity contribution in [2.45, 2.75) is 20.8 Å². The van der Waals surface area contributed by atoms with Crippen LogP contribution in [0.3, 0.4) is 0 Å². The molecule has 0 aliphatic rings. The number of nitrogens with zero attached hydrogens (tertiary/aromatic N) is 1. The smallest absolute Gasteiger partial charge is 0.258 e. The first-order valence-electron chi connectivity index (χ1n) is 7.56. The number of rotatable bonds is 4. The molecular formula is C18H21ClN4O. The van der Waals surface area contributed by atoms with E-state index in [9.17, 15) is 4.79 Å². The zero-order valence-corrected chi connectivity index (χ0v) is 15.0. The van der Waals surface area contributed by atoms with Gasteiger partial charge in [-0.15, -0.1) is 0 Å². The van der Waals surface area contributed by atoms with Crippen molar-refractivity contribution in [1.29, 1.82) is 5.41 Å². The van der Waals surface area contributed by atoms with Gasteiger partial charge in [0.1, 0.15) is 5.82 Å². The highest BCUT2D eigenvalue weighted by Crippen LogP contribution is 2.23. The number of fused-ring (bicyclic) bond motifs is 1. The molecular weight excluding hydrogens is 324 g/mol. The first-order chi connectivity index (χ1) is 11.2. The molecule has 0 bridgehead atoms. The summed E-state index contributed by atoms with van der Waals surface area (Å²) < 4.78 is 0. The third kappa shape index (κ3) is 4.11. The molecule has 0 saturated carbocycles. The molecule has 0 radical (unpaired) electrons. The standard InChI is InChI=1S/C18H21ClN4O/c1-18(2,3)15(20)10-16(21-4)23-17(24)12-9-14-11(8-13(12)19)6-5-7-22-14/h5-10,20-21H,1-4H3,(H,23,24)/b16-10+,20-15?. The predicted molar refractivity (Wildman–Crippen MR) is 98.5 cm³/mol. The van der Waals surface area contributed by atoms with Crippen LogP contribution in [0.2, 0.25) is 5.02 Å². The summed E-state index contributed by atoms with van der Waals surface area (Å²) >= 11 is 6.23. The second-order valence-corrected chi connectivity index (χ2v) is 6.86. The summed E-state index contributed by atoms with van der Waals surface area (Å²) in [6, 6.07) is 7.09. The van der Waals surface area contributed by atoms with Crippen LogP contribution in [-0.2, 0) is 0 Å². The Morgan fingerprint density at radius 1 is 1.33 bits per heavy atom. The maximum Gasteiger partial charge on any atom is 0.258 e. The van der Waals surface area contributed by atoms with E-state index in [0.29, 0.717) is 27.6 Å². The van der Waals surface area contributed by atoms with E-state index in [4.69, 9.17) is 17.0 Å². The van der Waals surface area contributed by atoms with E-state index >= 15 is 0 Å². The highest BCUT2D eigenvalue weighted by Gasteiger charge is 2.17. The van der Waals surface area contributed by atoms with Crippen LogP contribution in [0.4, 0.5) is 0 Å². The minimum Gasteiger partial charge on any atom is -0.375 e. The molecule has 0 fully saturated rings. The zero-order valence-electron chi connectivity index (χ0n) is 14.2. The molecule has 0 aliphatic heterocycles. The number of halogens is 1. The molecule has 6 heteroatoms. The highest BCUT2D eigenvalue weighted by atomic mass is 35.5. The Morgan fingerprint density at radius 3 is 2.67 bits per heavy atom. The van der Waals surface area contributed by atoms with Gasteiger partial charge in [-0.05, 0) is 24.3 Å². The predicted octanol–water partition coefficient (Wildman–Crippen LogP) is 3.74. The number of carbonyl (C=O) groups is 1. The molecule has 1 aromatic heterocycles. The summed E-state index contributed by atoms with van der Waals surface area (Å²) in [5, 5.41) is 14.9. The lowest BCUT2D eigenvalue weighted by Crippen LogP contribution is -2.31. The topological polar surface area (TPSA) is 77.9 Å². The third-order valence-electron chi connectivity index (χ3n) is 3.55.